The van der Waals surface area contributed by atoms with Crippen molar-refractivity contribution in [2.75, 3.05) is 6.54 Å². The highest BCUT2D eigenvalue weighted by Crippen LogP contribution is 2.19. The van der Waals surface area contributed by atoms with Gasteiger partial charge in [0.1, 0.15) is 6.04 Å². The second-order valence-electron chi connectivity index (χ2n) is 8.31. The summed E-state index contributed by atoms with van der Waals surface area (Å²) >= 11 is 3.52. The molecule has 0 fully saturated rings. The first kappa shape index (κ1) is 24.7. The molecule has 0 aromatic heterocycles. The van der Waals surface area contributed by atoms with Gasteiger partial charge in [0, 0.05) is 24.0 Å². The Hall–Kier alpha value is -2.92. The maximum absolute atomic E-state index is 13.6. The Morgan fingerprint density at radius 2 is 1.61 bits per heavy atom. The number of aryl methyl sites for hydroxylation is 1. The number of rotatable bonds is 10. The van der Waals surface area contributed by atoms with Crippen molar-refractivity contribution in [3.63, 3.8) is 0 Å². The fraction of sp³-hybridized carbons (Fsp3) is 0.286. The van der Waals surface area contributed by atoms with Crippen molar-refractivity contribution in [3.8, 4) is 0 Å². The number of carbonyl (C=O) groups excluding carboxylic acids is 2. The summed E-state index contributed by atoms with van der Waals surface area (Å²) in [4.78, 5) is 28.7. The topological polar surface area (TPSA) is 49.4 Å². The molecule has 0 radical (unpaired) electrons. The smallest absolute Gasteiger partial charge is 0.243 e. The monoisotopic (exact) mass is 506 g/mol. The molecule has 3 rings (SSSR count). The SMILES string of the molecule is CCCNC(=O)C(Cc1ccccc1)N(Cc1cccc(Br)c1)C(=O)Cc1ccc(C)cc1. The van der Waals surface area contributed by atoms with Crippen molar-refractivity contribution in [2.45, 2.75) is 45.7 Å². The lowest BCUT2D eigenvalue weighted by atomic mass is 10.0. The van der Waals surface area contributed by atoms with Gasteiger partial charge in [-0.2, -0.15) is 0 Å². The number of benzene rings is 3. The summed E-state index contributed by atoms with van der Waals surface area (Å²) < 4.78 is 0.945. The Morgan fingerprint density at radius 1 is 0.909 bits per heavy atom. The Labute approximate surface area is 205 Å². The van der Waals surface area contributed by atoms with Crippen LogP contribution in [-0.4, -0.2) is 29.3 Å². The van der Waals surface area contributed by atoms with Crippen LogP contribution in [0.2, 0.25) is 0 Å². The van der Waals surface area contributed by atoms with Gasteiger partial charge >= 0.3 is 0 Å². The standard InChI is InChI=1S/C28H31BrN2O2/c1-3-16-30-28(33)26(18-22-8-5-4-6-9-22)31(20-24-10-7-11-25(29)17-24)27(32)19-23-14-12-21(2)13-15-23/h4-15,17,26H,3,16,18-20H2,1-2H3,(H,30,33). The van der Waals surface area contributed by atoms with Crippen molar-refractivity contribution in [1.82, 2.24) is 10.2 Å². The summed E-state index contributed by atoms with van der Waals surface area (Å²) in [7, 11) is 0. The summed E-state index contributed by atoms with van der Waals surface area (Å²) in [5.41, 5.74) is 4.09. The minimum Gasteiger partial charge on any atom is -0.354 e. The van der Waals surface area contributed by atoms with Crippen LogP contribution in [0, 0.1) is 6.92 Å². The lowest BCUT2D eigenvalue weighted by Gasteiger charge is -2.31. The van der Waals surface area contributed by atoms with E-state index in [0.29, 0.717) is 19.5 Å². The highest BCUT2D eigenvalue weighted by Gasteiger charge is 2.30. The largest absolute Gasteiger partial charge is 0.354 e. The molecule has 172 valence electrons. The molecule has 0 heterocycles. The maximum Gasteiger partial charge on any atom is 0.243 e. The van der Waals surface area contributed by atoms with Gasteiger partial charge in [0.25, 0.3) is 0 Å². The second kappa shape index (κ2) is 12.4. The summed E-state index contributed by atoms with van der Waals surface area (Å²) in [6, 6.07) is 25.2. The van der Waals surface area contributed by atoms with E-state index in [0.717, 1.165) is 33.1 Å². The average molecular weight is 507 g/mol. The number of carbonyl (C=O) groups is 2. The summed E-state index contributed by atoms with van der Waals surface area (Å²) in [6.45, 7) is 5.00. The molecule has 0 saturated heterocycles. The van der Waals surface area contributed by atoms with Gasteiger partial charge in [-0.3, -0.25) is 9.59 Å². The Morgan fingerprint density at radius 3 is 2.27 bits per heavy atom. The molecule has 33 heavy (non-hydrogen) atoms. The van der Waals surface area contributed by atoms with E-state index in [9.17, 15) is 9.59 Å². The summed E-state index contributed by atoms with van der Waals surface area (Å²) in [6.07, 6.45) is 1.55. The average Bonchev–Trinajstić information content (AvgIpc) is 2.82. The third kappa shape index (κ3) is 7.57. The fourth-order valence-corrected chi connectivity index (χ4v) is 4.18. The first-order valence-corrected chi connectivity index (χ1v) is 12.2. The highest BCUT2D eigenvalue weighted by atomic mass is 79.9. The van der Waals surface area contributed by atoms with E-state index < -0.39 is 6.04 Å². The van der Waals surface area contributed by atoms with E-state index >= 15 is 0 Å². The highest BCUT2D eigenvalue weighted by molar-refractivity contribution is 9.10. The van der Waals surface area contributed by atoms with Crippen molar-refractivity contribution in [2.24, 2.45) is 0 Å². The Balaban J connectivity index is 1.94. The molecule has 3 aromatic rings. The van der Waals surface area contributed by atoms with Gasteiger partial charge in [-0.15, -0.1) is 0 Å². The van der Waals surface area contributed by atoms with Crippen molar-refractivity contribution >= 4 is 27.7 Å². The van der Waals surface area contributed by atoms with Crippen LogP contribution in [0.15, 0.2) is 83.3 Å². The zero-order valence-electron chi connectivity index (χ0n) is 19.3. The molecule has 0 saturated carbocycles. The van der Waals surface area contributed by atoms with E-state index in [1.807, 2.05) is 92.7 Å². The molecule has 0 aliphatic heterocycles. The van der Waals surface area contributed by atoms with Crippen LogP contribution in [0.3, 0.4) is 0 Å². The number of hydrogen-bond donors (Lipinski definition) is 1. The summed E-state index contributed by atoms with van der Waals surface area (Å²) in [5, 5.41) is 3.01. The molecular formula is C28H31BrN2O2. The molecule has 1 N–H and O–H groups in total. The minimum absolute atomic E-state index is 0.0635. The lowest BCUT2D eigenvalue weighted by Crippen LogP contribution is -2.51. The second-order valence-corrected chi connectivity index (χ2v) is 9.23. The Bertz CT molecular complexity index is 1050. The third-order valence-corrected chi connectivity index (χ3v) is 6.03. The van der Waals surface area contributed by atoms with Crippen molar-refractivity contribution < 1.29 is 9.59 Å². The van der Waals surface area contributed by atoms with Crippen LogP contribution in [0.4, 0.5) is 0 Å². The third-order valence-electron chi connectivity index (χ3n) is 5.54. The molecule has 0 aliphatic carbocycles. The number of halogens is 1. The van der Waals surface area contributed by atoms with Crippen molar-refractivity contribution in [3.05, 3.63) is 106 Å². The number of nitrogens with zero attached hydrogens (tertiary/aromatic N) is 1. The molecule has 4 nitrogen and oxygen atoms in total. The predicted molar refractivity (Wildman–Crippen MR) is 137 cm³/mol. The van der Waals surface area contributed by atoms with Crippen LogP contribution in [0.1, 0.15) is 35.6 Å². The fourth-order valence-electron chi connectivity index (χ4n) is 3.73. The van der Waals surface area contributed by atoms with E-state index in [1.54, 1.807) is 4.90 Å². The van der Waals surface area contributed by atoms with Gasteiger partial charge < -0.3 is 10.2 Å². The van der Waals surface area contributed by atoms with Crippen molar-refractivity contribution in [1.29, 1.82) is 0 Å². The lowest BCUT2D eigenvalue weighted by molar-refractivity contribution is -0.140. The normalized spacial score (nSPS) is 11.6. The quantitative estimate of drug-likeness (QED) is 0.396. The number of hydrogen-bond acceptors (Lipinski definition) is 2. The predicted octanol–water partition coefficient (Wildman–Crippen LogP) is 5.47. The summed E-state index contributed by atoms with van der Waals surface area (Å²) in [5.74, 6) is -0.181. The molecule has 0 spiro atoms. The van der Waals surface area contributed by atoms with Gasteiger partial charge in [-0.1, -0.05) is 95.1 Å². The molecule has 1 unspecified atom stereocenters. The zero-order valence-corrected chi connectivity index (χ0v) is 20.8. The minimum atomic E-state index is -0.601. The van der Waals surface area contributed by atoms with Crippen LogP contribution < -0.4 is 5.32 Å². The van der Waals surface area contributed by atoms with Crippen LogP contribution in [-0.2, 0) is 29.0 Å². The van der Waals surface area contributed by atoms with Gasteiger partial charge in [-0.05, 0) is 42.2 Å². The van der Waals surface area contributed by atoms with E-state index in [-0.39, 0.29) is 18.2 Å². The molecule has 1 atom stereocenters. The zero-order chi connectivity index (χ0) is 23.6. The van der Waals surface area contributed by atoms with E-state index in [4.69, 9.17) is 0 Å². The Kier molecular flexibility index (Phi) is 9.25. The molecule has 2 amide bonds. The molecule has 5 heteroatoms. The van der Waals surface area contributed by atoms with Gasteiger partial charge in [0.2, 0.25) is 11.8 Å². The molecular weight excluding hydrogens is 476 g/mol. The van der Waals surface area contributed by atoms with Crippen LogP contribution in [0.5, 0.6) is 0 Å². The van der Waals surface area contributed by atoms with Gasteiger partial charge in [0.05, 0.1) is 6.42 Å². The first-order chi connectivity index (χ1) is 16.0. The van der Waals surface area contributed by atoms with Crippen LogP contribution >= 0.6 is 15.9 Å². The van der Waals surface area contributed by atoms with Gasteiger partial charge in [0.15, 0.2) is 0 Å². The number of nitrogens with one attached hydrogen (secondary N) is 1. The van der Waals surface area contributed by atoms with Gasteiger partial charge in [-0.25, -0.2) is 0 Å². The van der Waals surface area contributed by atoms with Crippen LogP contribution in [0.25, 0.3) is 0 Å². The molecule has 3 aromatic carbocycles. The maximum atomic E-state index is 13.6. The van der Waals surface area contributed by atoms with E-state index in [2.05, 4.69) is 21.2 Å². The van der Waals surface area contributed by atoms with E-state index in [1.165, 1.54) is 0 Å². The first-order valence-electron chi connectivity index (χ1n) is 11.4. The molecule has 0 aliphatic rings. The number of amides is 2. The molecule has 0 bridgehead atoms.